The maximum atomic E-state index is 2.45. The molecule has 2 heteroatoms. The Labute approximate surface area is 360 Å². The van der Waals surface area contributed by atoms with E-state index >= 15 is 0 Å². The van der Waals surface area contributed by atoms with E-state index < -0.39 is 0 Å². The lowest BCUT2D eigenvalue weighted by Crippen LogP contribution is -1.97. The molecule has 0 fully saturated rings. The average molecular weight is 789 g/mol. The fraction of sp³-hybridized carbons (Fsp3) is 0. The highest BCUT2D eigenvalue weighted by molar-refractivity contribution is 6.12. The van der Waals surface area contributed by atoms with Gasteiger partial charge in [0.25, 0.3) is 0 Å². The third-order valence-corrected chi connectivity index (χ3v) is 12.5. The highest BCUT2D eigenvalue weighted by Crippen LogP contribution is 2.40. The van der Waals surface area contributed by atoms with Gasteiger partial charge in [-0.3, -0.25) is 0 Å². The molecule has 2 heterocycles. The minimum Gasteiger partial charge on any atom is -0.309 e. The number of aromatic nitrogens is 2. The molecule has 2 aromatic heterocycles. The molecule has 12 rings (SSSR count). The van der Waals surface area contributed by atoms with E-state index in [0.717, 1.165) is 22.5 Å². The molecule has 0 bridgehead atoms. The van der Waals surface area contributed by atoms with Gasteiger partial charge in [0.2, 0.25) is 0 Å². The summed E-state index contributed by atoms with van der Waals surface area (Å²) >= 11 is 0. The molecule has 10 aromatic carbocycles. The number of rotatable bonds is 7. The zero-order chi connectivity index (χ0) is 41.0. The highest BCUT2D eigenvalue weighted by atomic mass is 15.0. The average Bonchev–Trinajstić information content (AvgIpc) is 3.87. The van der Waals surface area contributed by atoms with Crippen molar-refractivity contribution >= 4 is 43.6 Å². The van der Waals surface area contributed by atoms with E-state index in [9.17, 15) is 0 Å². The highest BCUT2D eigenvalue weighted by Gasteiger charge is 2.18. The van der Waals surface area contributed by atoms with Crippen LogP contribution in [0, 0.1) is 0 Å². The molecule has 0 atom stereocenters. The van der Waals surface area contributed by atoms with Crippen LogP contribution in [0.4, 0.5) is 0 Å². The molecule has 12 aromatic rings. The van der Waals surface area contributed by atoms with Crippen LogP contribution >= 0.6 is 0 Å². The second-order valence-corrected chi connectivity index (χ2v) is 16.2. The standard InChI is InChI=1S/C60H40N2/c1-4-15-41(16-5-1)44-27-29-45(30-28-44)49-35-50(38-52(37-49)62-58-26-13-11-24-54(58)56-39-47(32-34-59(56)62)43-19-8-3-9-20-43)48-31-33-55-53-23-10-12-25-57(53)61(60(55)40-48)51-22-14-21-46(36-51)42-17-6-2-7-18-42/h1-40H. The predicted octanol–water partition coefficient (Wildman–Crippen LogP) is 16.2. The summed E-state index contributed by atoms with van der Waals surface area (Å²) in [7, 11) is 0. The van der Waals surface area contributed by atoms with Gasteiger partial charge in [0.05, 0.1) is 22.1 Å². The van der Waals surface area contributed by atoms with E-state index in [0.29, 0.717) is 0 Å². The number of nitrogens with zero attached hydrogens (tertiary/aromatic N) is 2. The van der Waals surface area contributed by atoms with Crippen LogP contribution in [0.3, 0.4) is 0 Å². The lowest BCUT2D eigenvalue weighted by molar-refractivity contribution is 1.18. The van der Waals surface area contributed by atoms with Gasteiger partial charge in [0, 0.05) is 32.9 Å². The minimum absolute atomic E-state index is 1.12. The molecule has 0 unspecified atom stereocenters. The molecule has 0 aliphatic rings. The summed E-state index contributed by atoms with van der Waals surface area (Å²) < 4.78 is 4.89. The molecule has 0 aliphatic heterocycles. The molecule has 62 heavy (non-hydrogen) atoms. The van der Waals surface area contributed by atoms with Crippen molar-refractivity contribution < 1.29 is 0 Å². The molecule has 0 spiro atoms. The van der Waals surface area contributed by atoms with Crippen LogP contribution in [0.1, 0.15) is 0 Å². The first kappa shape index (κ1) is 35.7. The second-order valence-electron chi connectivity index (χ2n) is 16.2. The van der Waals surface area contributed by atoms with Crippen molar-refractivity contribution in [3.8, 4) is 67.0 Å². The Morgan fingerprint density at radius 3 is 1.21 bits per heavy atom. The van der Waals surface area contributed by atoms with E-state index in [4.69, 9.17) is 0 Å². The van der Waals surface area contributed by atoms with Gasteiger partial charge < -0.3 is 9.13 Å². The van der Waals surface area contributed by atoms with E-state index in [1.165, 1.54) is 88.1 Å². The maximum absolute atomic E-state index is 2.45. The van der Waals surface area contributed by atoms with Crippen LogP contribution in [0.2, 0.25) is 0 Å². The Morgan fingerprint density at radius 2 is 0.565 bits per heavy atom. The largest absolute Gasteiger partial charge is 0.309 e. The molecule has 290 valence electrons. The molecular weight excluding hydrogens is 749 g/mol. The summed E-state index contributed by atoms with van der Waals surface area (Å²) in [5.74, 6) is 0. The van der Waals surface area contributed by atoms with E-state index in [2.05, 4.69) is 252 Å². The molecule has 0 N–H and O–H groups in total. The maximum Gasteiger partial charge on any atom is 0.0547 e. The molecule has 0 saturated heterocycles. The van der Waals surface area contributed by atoms with Crippen LogP contribution in [-0.4, -0.2) is 9.13 Å². The summed E-state index contributed by atoms with van der Waals surface area (Å²) in [4.78, 5) is 0. The Morgan fingerprint density at radius 1 is 0.177 bits per heavy atom. The Kier molecular flexibility index (Phi) is 8.53. The molecule has 0 aliphatic carbocycles. The lowest BCUT2D eigenvalue weighted by atomic mass is 9.95. The van der Waals surface area contributed by atoms with Gasteiger partial charge in [0.1, 0.15) is 0 Å². The zero-order valence-electron chi connectivity index (χ0n) is 34.0. The Balaban J connectivity index is 1.08. The van der Waals surface area contributed by atoms with Crippen LogP contribution in [0.15, 0.2) is 243 Å². The van der Waals surface area contributed by atoms with Crippen molar-refractivity contribution in [1.82, 2.24) is 9.13 Å². The third-order valence-electron chi connectivity index (χ3n) is 12.5. The van der Waals surface area contributed by atoms with Gasteiger partial charge in [0.15, 0.2) is 0 Å². The van der Waals surface area contributed by atoms with Gasteiger partial charge in [-0.1, -0.05) is 182 Å². The summed E-state index contributed by atoms with van der Waals surface area (Å²) in [5, 5.41) is 4.96. The van der Waals surface area contributed by atoms with Gasteiger partial charge in [-0.2, -0.15) is 0 Å². The number of fused-ring (bicyclic) bond motifs is 6. The van der Waals surface area contributed by atoms with Crippen molar-refractivity contribution in [2.45, 2.75) is 0 Å². The fourth-order valence-electron chi connectivity index (χ4n) is 9.50. The number of para-hydroxylation sites is 2. The van der Waals surface area contributed by atoms with E-state index in [1.54, 1.807) is 0 Å². The summed E-state index contributed by atoms with van der Waals surface area (Å²) in [6.45, 7) is 0. The SMILES string of the molecule is c1ccc(-c2ccc(-c3cc(-c4ccc5c6ccccc6n(-c6cccc(-c7ccccc7)c6)c5c4)cc(-n4c5ccccc5c5cc(-c6ccccc6)ccc54)c3)cc2)cc1. The van der Waals surface area contributed by atoms with Gasteiger partial charge in [-0.05, 0) is 116 Å². The lowest BCUT2D eigenvalue weighted by Gasteiger charge is -2.15. The summed E-state index contributed by atoms with van der Waals surface area (Å²) in [6, 6.07) is 88.6. The van der Waals surface area contributed by atoms with E-state index in [1.807, 2.05) is 0 Å². The summed E-state index contributed by atoms with van der Waals surface area (Å²) in [5.41, 5.74) is 18.9. The monoisotopic (exact) mass is 788 g/mol. The number of benzene rings is 10. The van der Waals surface area contributed by atoms with Crippen molar-refractivity contribution in [1.29, 1.82) is 0 Å². The zero-order valence-corrected chi connectivity index (χ0v) is 34.0. The van der Waals surface area contributed by atoms with Gasteiger partial charge >= 0.3 is 0 Å². The molecule has 0 radical (unpaired) electrons. The second kappa shape index (κ2) is 14.8. The number of hydrogen-bond acceptors (Lipinski definition) is 0. The first-order chi connectivity index (χ1) is 30.7. The van der Waals surface area contributed by atoms with E-state index in [-0.39, 0.29) is 0 Å². The first-order valence-corrected chi connectivity index (χ1v) is 21.3. The molecule has 2 nitrogen and oxygen atoms in total. The van der Waals surface area contributed by atoms with Crippen LogP contribution in [-0.2, 0) is 0 Å². The summed E-state index contributed by atoms with van der Waals surface area (Å²) in [6.07, 6.45) is 0. The van der Waals surface area contributed by atoms with Crippen molar-refractivity contribution in [3.63, 3.8) is 0 Å². The Hall–Kier alpha value is -8.20. The molecular formula is C60H40N2. The van der Waals surface area contributed by atoms with Crippen molar-refractivity contribution in [2.24, 2.45) is 0 Å². The smallest absolute Gasteiger partial charge is 0.0547 e. The first-order valence-electron chi connectivity index (χ1n) is 21.3. The van der Waals surface area contributed by atoms with Crippen LogP contribution in [0.5, 0.6) is 0 Å². The van der Waals surface area contributed by atoms with Crippen molar-refractivity contribution in [2.75, 3.05) is 0 Å². The van der Waals surface area contributed by atoms with Gasteiger partial charge in [-0.15, -0.1) is 0 Å². The van der Waals surface area contributed by atoms with Crippen LogP contribution < -0.4 is 0 Å². The normalized spacial score (nSPS) is 11.5. The van der Waals surface area contributed by atoms with Crippen LogP contribution in [0.25, 0.3) is 111 Å². The minimum atomic E-state index is 1.12. The third kappa shape index (κ3) is 6.12. The predicted molar refractivity (Wildman–Crippen MR) is 262 cm³/mol. The van der Waals surface area contributed by atoms with Crippen molar-refractivity contribution in [3.05, 3.63) is 243 Å². The van der Waals surface area contributed by atoms with Gasteiger partial charge in [-0.25, -0.2) is 0 Å². The molecule has 0 amide bonds. The molecule has 0 saturated carbocycles. The topological polar surface area (TPSA) is 9.86 Å². The quantitative estimate of drug-likeness (QED) is 0.152. The Bertz CT molecular complexity index is 3600. The number of hydrogen-bond donors (Lipinski definition) is 0. The fourth-order valence-corrected chi connectivity index (χ4v) is 9.50.